The highest BCUT2D eigenvalue weighted by Crippen LogP contribution is 1.98. The summed E-state index contributed by atoms with van der Waals surface area (Å²) in [6.45, 7) is 3.99. The summed E-state index contributed by atoms with van der Waals surface area (Å²) in [5, 5.41) is 6.21. The van der Waals surface area contributed by atoms with Crippen molar-refractivity contribution in [1.82, 2.24) is 10.6 Å². The molecule has 0 aliphatic carbocycles. The molecule has 0 saturated carbocycles. The molecule has 0 aromatic heterocycles. The fourth-order valence-electron chi connectivity index (χ4n) is 0.808. The summed E-state index contributed by atoms with van der Waals surface area (Å²) in [6, 6.07) is 0.386. The molecule has 1 saturated heterocycles. The molecule has 0 amide bonds. The molecule has 4 heteroatoms. The molecule has 0 radical (unpaired) electrons. The Hall–Kier alpha value is -0.220. The molecule has 10 heavy (non-hydrogen) atoms. The van der Waals surface area contributed by atoms with Crippen LogP contribution in [0.5, 0.6) is 0 Å². The number of rotatable bonds is 0. The molecule has 0 aromatic rings. The molecular formula is C6H10N2S2. The molecule has 1 rings (SSSR count). The van der Waals surface area contributed by atoms with E-state index in [9.17, 15) is 0 Å². The van der Waals surface area contributed by atoms with Crippen molar-refractivity contribution in [2.45, 2.75) is 25.9 Å². The molecule has 2 N–H and O–H groups in total. The number of hydrogen-bond acceptors (Lipinski definition) is 2. The molecule has 1 aliphatic rings. The SMILES string of the molecule is C[C@H]1NC(=S)[C@@H](C)NC1=S. The van der Waals surface area contributed by atoms with Crippen molar-refractivity contribution in [3.63, 3.8) is 0 Å². The van der Waals surface area contributed by atoms with Gasteiger partial charge in [-0.15, -0.1) is 0 Å². The van der Waals surface area contributed by atoms with E-state index in [0.717, 1.165) is 9.98 Å². The molecule has 0 aromatic carbocycles. The van der Waals surface area contributed by atoms with E-state index in [1.165, 1.54) is 0 Å². The van der Waals surface area contributed by atoms with Crippen LogP contribution in [0.2, 0.25) is 0 Å². The minimum absolute atomic E-state index is 0.193. The average Bonchev–Trinajstić information content (AvgIpc) is 1.84. The summed E-state index contributed by atoms with van der Waals surface area (Å²) in [4.78, 5) is 1.70. The van der Waals surface area contributed by atoms with E-state index >= 15 is 0 Å². The molecule has 1 fully saturated rings. The lowest BCUT2D eigenvalue weighted by molar-refractivity contribution is 0.703. The highest BCUT2D eigenvalue weighted by atomic mass is 32.1. The van der Waals surface area contributed by atoms with E-state index in [1.807, 2.05) is 13.8 Å². The van der Waals surface area contributed by atoms with Gasteiger partial charge < -0.3 is 10.6 Å². The van der Waals surface area contributed by atoms with Crippen molar-refractivity contribution in [2.75, 3.05) is 0 Å². The summed E-state index contributed by atoms with van der Waals surface area (Å²) in [5.41, 5.74) is 0. The van der Waals surface area contributed by atoms with Gasteiger partial charge in [-0.1, -0.05) is 24.4 Å². The second-order valence-electron chi connectivity index (χ2n) is 2.46. The zero-order valence-electron chi connectivity index (χ0n) is 5.97. The van der Waals surface area contributed by atoms with Crippen LogP contribution in [-0.4, -0.2) is 22.1 Å². The Bertz CT molecular complexity index is 159. The second-order valence-corrected chi connectivity index (χ2v) is 3.34. The van der Waals surface area contributed by atoms with Crippen LogP contribution in [0.4, 0.5) is 0 Å². The lowest BCUT2D eigenvalue weighted by Crippen LogP contribution is -2.57. The van der Waals surface area contributed by atoms with E-state index in [4.69, 9.17) is 24.4 Å². The largest absolute Gasteiger partial charge is 0.369 e. The standard InChI is InChI=1S/C6H10N2S2/c1-3-5(9)8-4(2)6(10)7-3/h3-4H,1-2H3,(H,7,10)(H,8,9)/t3-,4-/m1/s1. The van der Waals surface area contributed by atoms with Crippen LogP contribution in [0.1, 0.15) is 13.8 Å². The van der Waals surface area contributed by atoms with Crippen LogP contribution in [-0.2, 0) is 0 Å². The van der Waals surface area contributed by atoms with Crippen molar-refractivity contribution in [2.24, 2.45) is 0 Å². The lowest BCUT2D eigenvalue weighted by Gasteiger charge is -2.29. The van der Waals surface area contributed by atoms with Crippen LogP contribution in [0.15, 0.2) is 0 Å². The first-order valence-electron chi connectivity index (χ1n) is 3.22. The van der Waals surface area contributed by atoms with Crippen molar-refractivity contribution in [1.29, 1.82) is 0 Å². The normalized spacial score (nSPS) is 33.0. The zero-order chi connectivity index (χ0) is 7.72. The van der Waals surface area contributed by atoms with Crippen molar-refractivity contribution >= 4 is 34.4 Å². The quantitative estimate of drug-likeness (QED) is 0.526. The predicted octanol–water partition coefficient (Wildman–Crippen LogP) is 0.611. The third-order valence-electron chi connectivity index (χ3n) is 1.50. The molecule has 2 nitrogen and oxygen atoms in total. The van der Waals surface area contributed by atoms with E-state index in [-0.39, 0.29) is 12.1 Å². The Balaban J connectivity index is 2.63. The third kappa shape index (κ3) is 1.44. The van der Waals surface area contributed by atoms with Crippen LogP contribution in [0.25, 0.3) is 0 Å². The van der Waals surface area contributed by atoms with E-state index < -0.39 is 0 Å². The van der Waals surface area contributed by atoms with E-state index in [0.29, 0.717) is 0 Å². The van der Waals surface area contributed by atoms with Gasteiger partial charge in [0.15, 0.2) is 0 Å². The number of thiocarbonyl (C=S) groups is 2. The molecule has 1 heterocycles. The smallest absolute Gasteiger partial charge is 0.0982 e. The zero-order valence-corrected chi connectivity index (χ0v) is 7.60. The van der Waals surface area contributed by atoms with Crippen molar-refractivity contribution in [3.05, 3.63) is 0 Å². The fraction of sp³-hybridized carbons (Fsp3) is 0.667. The van der Waals surface area contributed by atoms with Crippen LogP contribution < -0.4 is 10.6 Å². The van der Waals surface area contributed by atoms with Crippen LogP contribution in [0, 0.1) is 0 Å². The maximum Gasteiger partial charge on any atom is 0.0982 e. The maximum atomic E-state index is 5.03. The summed E-state index contributed by atoms with van der Waals surface area (Å²) < 4.78 is 0. The maximum absolute atomic E-state index is 5.03. The predicted molar refractivity (Wildman–Crippen MR) is 50.4 cm³/mol. The molecule has 2 atom stereocenters. The van der Waals surface area contributed by atoms with Gasteiger partial charge in [0.05, 0.1) is 22.1 Å². The highest BCUT2D eigenvalue weighted by molar-refractivity contribution is 7.81. The Kier molecular flexibility index (Phi) is 2.21. The first kappa shape index (κ1) is 7.88. The Morgan fingerprint density at radius 3 is 1.60 bits per heavy atom. The molecule has 0 spiro atoms. The van der Waals surface area contributed by atoms with Gasteiger partial charge in [0.1, 0.15) is 0 Å². The van der Waals surface area contributed by atoms with Gasteiger partial charge in [-0.2, -0.15) is 0 Å². The number of piperazine rings is 1. The summed E-state index contributed by atoms with van der Waals surface area (Å²) in [7, 11) is 0. The first-order chi connectivity index (χ1) is 4.61. The van der Waals surface area contributed by atoms with Crippen LogP contribution in [0.3, 0.4) is 0 Å². The number of nitrogens with one attached hydrogen (secondary N) is 2. The molecule has 1 aliphatic heterocycles. The topological polar surface area (TPSA) is 24.1 Å². The van der Waals surface area contributed by atoms with Gasteiger partial charge in [0.25, 0.3) is 0 Å². The number of hydrogen-bond donors (Lipinski definition) is 2. The van der Waals surface area contributed by atoms with Crippen LogP contribution >= 0.6 is 24.4 Å². The Labute approximate surface area is 71.4 Å². The minimum atomic E-state index is 0.193. The fourth-order valence-corrected chi connectivity index (χ4v) is 1.28. The average molecular weight is 174 g/mol. The Morgan fingerprint density at radius 2 is 1.30 bits per heavy atom. The Morgan fingerprint density at radius 1 is 1.00 bits per heavy atom. The minimum Gasteiger partial charge on any atom is -0.369 e. The van der Waals surface area contributed by atoms with Gasteiger partial charge in [0, 0.05) is 0 Å². The molecule has 56 valence electrons. The molecule has 0 bridgehead atoms. The van der Waals surface area contributed by atoms with Gasteiger partial charge in [-0.05, 0) is 13.8 Å². The second kappa shape index (κ2) is 2.80. The summed E-state index contributed by atoms with van der Waals surface area (Å²) in [6.07, 6.45) is 0. The van der Waals surface area contributed by atoms with Gasteiger partial charge >= 0.3 is 0 Å². The molecule has 0 unspecified atom stereocenters. The van der Waals surface area contributed by atoms with Gasteiger partial charge in [0.2, 0.25) is 0 Å². The molecular weight excluding hydrogens is 164 g/mol. The van der Waals surface area contributed by atoms with E-state index in [1.54, 1.807) is 0 Å². The third-order valence-corrected chi connectivity index (χ3v) is 2.45. The van der Waals surface area contributed by atoms with Crippen molar-refractivity contribution in [3.8, 4) is 0 Å². The first-order valence-corrected chi connectivity index (χ1v) is 4.03. The highest BCUT2D eigenvalue weighted by Gasteiger charge is 2.21. The lowest BCUT2D eigenvalue weighted by atomic mass is 10.2. The monoisotopic (exact) mass is 174 g/mol. The van der Waals surface area contributed by atoms with Gasteiger partial charge in [-0.25, -0.2) is 0 Å². The van der Waals surface area contributed by atoms with Crippen molar-refractivity contribution < 1.29 is 0 Å². The van der Waals surface area contributed by atoms with E-state index in [2.05, 4.69) is 10.6 Å². The van der Waals surface area contributed by atoms with Gasteiger partial charge in [-0.3, -0.25) is 0 Å². The summed E-state index contributed by atoms with van der Waals surface area (Å²) in [5.74, 6) is 0. The summed E-state index contributed by atoms with van der Waals surface area (Å²) >= 11 is 10.1.